The molecule has 0 atom stereocenters. The van der Waals surface area contributed by atoms with Gasteiger partial charge in [-0.3, -0.25) is 4.72 Å². The van der Waals surface area contributed by atoms with Gasteiger partial charge in [-0.2, -0.15) is 5.26 Å². The van der Waals surface area contributed by atoms with Gasteiger partial charge in [-0.25, -0.2) is 8.42 Å². The highest BCUT2D eigenvalue weighted by atomic mass is 79.9. The highest BCUT2D eigenvalue weighted by Crippen LogP contribution is 2.35. The minimum atomic E-state index is -3.78. The first-order chi connectivity index (χ1) is 9.83. The summed E-state index contributed by atoms with van der Waals surface area (Å²) >= 11 is 9.94. The molecule has 0 aliphatic carbocycles. The third-order valence-corrected chi connectivity index (χ3v) is 5.57. The van der Waals surface area contributed by atoms with Gasteiger partial charge >= 0.3 is 0 Å². The standard InChI is InChI=1S/C13H7Br3N2O2S/c14-9-5-11(15)13(12(16)6-9)18-21(19,20)10-3-1-2-8(4-10)7-17/h1-6,18H. The number of nitriles is 1. The molecule has 2 aromatic carbocycles. The van der Waals surface area contributed by atoms with Crippen LogP contribution in [0.2, 0.25) is 0 Å². The van der Waals surface area contributed by atoms with Gasteiger partial charge in [-0.05, 0) is 62.2 Å². The molecule has 0 fully saturated rings. The summed E-state index contributed by atoms with van der Waals surface area (Å²) in [6, 6.07) is 11.2. The van der Waals surface area contributed by atoms with Crippen LogP contribution in [0.25, 0.3) is 0 Å². The fourth-order valence-corrected chi connectivity index (χ4v) is 5.43. The zero-order valence-electron chi connectivity index (χ0n) is 10.3. The molecule has 0 radical (unpaired) electrons. The minimum Gasteiger partial charge on any atom is -0.277 e. The number of rotatable bonds is 3. The van der Waals surface area contributed by atoms with Crippen molar-refractivity contribution in [2.24, 2.45) is 0 Å². The van der Waals surface area contributed by atoms with Gasteiger partial charge in [0.05, 0.1) is 22.2 Å². The maximum Gasteiger partial charge on any atom is 0.262 e. The van der Waals surface area contributed by atoms with Crippen molar-refractivity contribution in [3.63, 3.8) is 0 Å². The SMILES string of the molecule is N#Cc1cccc(S(=O)(=O)Nc2c(Br)cc(Br)cc2Br)c1. The van der Waals surface area contributed by atoms with Gasteiger partial charge < -0.3 is 0 Å². The molecule has 0 aromatic heterocycles. The van der Waals surface area contributed by atoms with Gasteiger partial charge in [0.1, 0.15) is 0 Å². The fraction of sp³-hybridized carbons (Fsp3) is 0. The molecule has 2 aromatic rings. The second-order valence-corrected chi connectivity index (χ2v) is 8.30. The molecule has 0 saturated heterocycles. The molecule has 4 nitrogen and oxygen atoms in total. The third kappa shape index (κ3) is 3.86. The average molecular weight is 495 g/mol. The molecular formula is C13H7Br3N2O2S. The predicted molar refractivity (Wildman–Crippen MR) is 91.5 cm³/mol. The number of halogens is 3. The zero-order chi connectivity index (χ0) is 15.6. The highest BCUT2D eigenvalue weighted by molar-refractivity contribution is 9.11. The number of anilines is 1. The van der Waals surface area contributed by atoms with E-state index in [0.29, 0.717) is 14.6 Å². The van der Waals surface area contributed by atoms with Crippen molar-refractivity contribution in [1.29, 1.82) is 5.26 Å². The Morgan fingerprint density at radius 2 is 1.67 bits per heavy atom. The van der Waals surface area contributed by atoms with E-state index in [-0.39, 0.29) is 10.5 Å². The molecule has 2 rings (SSSR count). The minimum absolute atomic E-state index is 0.0308. The molecule has 0 aliphatic rings. The van der Waals surface area contributed by atoms with Crippen molar-refractivity contribution < 1.29 is 8.42 Å². The first-order valence-corrected chi connectivity index (χ1v) is 9.37. The lowest BCUT2D eigenvalue weighted by atomic mass is 10.2. The quantitative estimate of drug-likeness (QED) is 0.675. The van der Waals surface area contributed by atoms with E-state index in [0.717, 1.165) is 4.47 Å². The summed E-state index contributed by atoms with van der Waals surface area (Å²) in [5.74, 6) is 0. The number of hydrogen-bond acceptors (Lipinski definition) is 3. The van der Waals surface area contributed by atoms with Crippen LogP contribution in [0, 0.1) is 11.3 Å². The summed E-state index contributed by atoms with van der Waals surface area (Å²) < 4.78 is 29.2. The van der Waals surface area contributed by atoms with Crippen molar-refractivity contribution in [3.05, 3.63) is 55.4 Å². The Morgan fingerprint density at radius 1 is 1.05 bits per heavy atom. The van der Waals surface area contributed by atoms with Crippen molar-refractivity contribution in [2.45, 2.75) is 4.90 Å². The monoisotopic (exact) mass is 492 g/mol. The summed E-state index contributed by atoms with van der Waals surface area (Å²) in [6.07, 6.45) is 0. The topological polar surface area (TPSA) is 70.0 Å². The molecular weight excluding hydrogens is 488 g/mol. The molecule has 0 unspecified atom stereocenters. The number of nitrogens with zero attached hydrogens (tertiary/aromatic N) is 1. The lowest BCUT2D eigenvalue weighted by Crippen LogP contribution is -2.14. The average Bonchev–Trinajstić information content (AvgIpc) is 2.43. The van der Waals surface area contributed by atoms with Crippen LogP contribution in [0.1, 0.15) is 5.56 Å². The van der Waals surface area contributed by atoms with Gasteiger partial charge in [0.2, 0.25) is 0 Å². The largest absolute Gasteiger partial charge is 0.277 e. The molecule has 0 saturated carbocycles. The number of nitrogens with one attached hydrogen (secondary N) is 1. The van der Waals surface area contributed by atoms with Crippen molar-refractivity contribution in [2.75, 3.05) is 4.72 Å². The molecule has 0 amide bonds. The van der Waals surface area contributed by atoms with Gasteiger partial charge in [-0.1, -0.05) is 22.0 Å². The number of sulfonamides is 1. The van der Waals surface area contributed by atoms with Crippen LogP contribution in [0.5, 0.6) is 0 Å². The molecule has 0 heterocycles. The Morgan fingerprint density at radius 3 is 2.24 bits per heavy atom. The maximum absolute atomic E-state index is 12.4. The molecule has 0 aliphatic heterocycles. The number of benzene rings is 2. The Kier molecular flexibility index (Phi) is 5.09. The molecule has 1 N–H and O–H groups in total. The van der Waals surface area contributed by atoms with Gasteiger partial charge in [-0.15, -0.1) is 0 Å². The Labute approximate surface area is 147 Å². The van der Waals surface area contributed by atoms with E-state index in [2.05, 4.69) is 52.5 Å². The first kappa shape index (κ1) is 16.5. The Bertz CT molecular complexity index is 822. The molecule has 108 valence electrons. The van der Waals surface area contributed by atoms with Gasteiger partial charge in [0.25, 0.3) is 10.0 Å². The van der Waals surface area contributed by atoms with Crippen LogP contribution in [-0.4, -0.2) is 8.42 Å². The fourth-order valence-electron chi connectivity index (χ4n) is 1.57. The van der Waals surface area contributed by atoms with E-state index < -0.39 is 10.0 Å². The van der Waals surface area contributed by atoms with Crippen molar-refractivity contribution in [1.82, 2.24) is 0 Å². The zero-order valence-corrected chi connectivity index (χ0v) is 15.8. The second kappa shape index (κ2) is 6.48. The van der Waals surface area contributed by atoms with Crippen LogP contribution in [0.3, 0.4) is 0 Å². The highest BCUT2D eigenvalue weighted by Gasteiger charge is 2.18. The van der Waals surface area contributed by atoms with Gasteiger partial charge in [0.15, 0.2) is 0 Å². The van der Waals surface area contributed by atoms with Crippen molar-refractivity contribution in [3.8, 4) is 6.07 Å². The van der Waals surface area contributed by atoms with E-state index >= 15 is 0 Å². The first-order valence-electron chi connectivity index (χ1n) is 5.51. The third-order valence-electron chi connectivity index (χ3n) is 2.52. The van der Waals surface area contributed by atoms with Gasteiger partial charge in [0, 0.05) is 13.4 Å². The normalized spacial score (nSPS) is 11.0. The van der Waals surface area contributed by atoms with E-state index in [4.69, 9.17) is 5.26 Å². The lowest BCUT2D eigenvalue weighted by molar-refractivity contribution is 0.601. The second-order valence-electron chi connectivity index (χ2n) is 3.99. The summed E-state index contributed by atoms with van der Waals surface area (Å²) in [4.78, 5) is 0.0308. The smallest absolute Gasteiger partial charge is 0.262 e. The number of hydrogen-bond donors (Lipinski definition) is 1. The summed E-state index contributed by atoms with van der Waals surface area (Å²) in [5.41, 5.74) is 0.673. The van der Waals surface area contributed by atoms with Crippen LogP contribution in [-0.2, 0) is 10.0 Å². The van der Waals surface area contributed by atoms with E-state index in [1.54, 1.807) is 18.2 Å². The summed E-state index contributed by atoms with van der Waals surface area (Å²) in [5, 5.41) is 8.85. The molecule has 21 heavy (non-hydrogen) atoms. The van der Waals surface area contributed by atoms with Crippen LogP contribution >= 0.6 is 47.8 Å². The molecule has 8 heteroatoms. The van der Waals surface area contributed by atoms with E-state index in [1.807, 2.05) is 6.07 Å². The van der Waals surface area contributed by atoms with Crippen molar-refractivity contribution >= 4 is 63.5 Å². The van der Waals surface area contributed by atoms with E-state index in [9.17, 15) is 8.42 Å². The van der Waals surface area contributed by atoms with Crippen LogP contribution in [0.4, 0.5) is 5.69 Å². The Hall–Kier alpha value is -0.880. The van der Waals surface area contributed by atoms with E-state index in [1.165, 1.54) is 18.2 Å². The lowest BCUT2D eigenvalue weighted by Gasteiger charge is -2.12. The van der Waals surface area contributed by atoms with Crippen LogP contribution < -0.4 is 4.72 Å². The Balaban J connectivity index is 2.45. The van der Waals surface area contributed by atoms with Crippen LogP contribution in [0.15, 0.2) is 54.7 Å². The summed E-state index contributed by atoms with van der Waals surface area (Å²) in [6.45, 7) is 0. The predicted octanol–water partition coefficient (Wildman–Crippen LogP) is 4.65. The summed E-state index contributed by atoms with van der Waals surface area (Å²) in [7, 11) is -3.78. The molecule has 0 bridgehead atoms. The molecule has 0 spiro atoms. The maximum atomic E-state index is 12.4.